The number of primary amides is 1. The highest BCUT2D eigenvalue weighted by Crippen LogP contribution is 2.44. The first kappa shape index (κ1) is 33.3. The number of imidazole rings is 2. The molecule has 0 saturated carbocycles. The maximum atomic E-state index is 14.1. The molecule has 6 heterocycles. The molecule has 0 bridgehead atoms. The first-order chi connectivity index (χ1) is 24.3. The van der Waals surface area contributed by atoms with E-state index in [4.69, 9.17) is 11.0 Å². The summed E-state index contributed by atoms with van der Waals surface area (Å²) < 4.78 is 86.0. The van der Waals surface area contributed by atoms with Gasteiger partial charge in [0.2, 0.25) is 0 Å². The third kappa shape index (κ3) is 6.59. The van der Waals surface area contributed by atoms with E-state index in [1.54, 1.807) is 36.4 Å². The molecule has 2 N–H and O–H groups in total. The molecule has 2 aromatic carbocycles. The number of carbonyl (C=O) groups excluding carboxylic acids is 1. The molecule has 2 aliphatic rings. The topological polar surface area (TPSA) is 134 Å². The predicted molar refractivity (Wildman–Crippen MR) is 171 cm³/mol. The normalized spacial score (nSPS) is 19.2. The van der Waals surface area contributed by atoms with Gasteiger partial charge in [-0.3, -0.25) is 4.79 Å². The highest BCUT2D eigenvalue weighted by molar-refractivity contribution is 5.91. The van der Waals surface area contributed by atoms with Crippen molar-refractivity contribution in [3.05, 3.63) is 119 Å². The Bertz CT molecular complexity index is 2320. The fourth-order valence-corrected chi connectivity index (χ4v) is 6.42. The Morgan fingerprint density at radius 3 is 1.73 bits per heavy atom. The minimum Gasteiger partial charge on any atom is -0.364 e. The van der Waals surface area contributed by atoms with Crippen molar-refractivity contribution in [3.8, 4) is 6.07 Å². The van der Waals surface area contributed by atoms with Crippen LogP contribution in [0.25, 0.3) is 11.3 Å². The van der Waals surface area contributed by atoms with Gasteiger partial charge in [-0.25, -0.2) is 45.3 Å². The molecule has 8 rings (SSSR count). The third-order valence-electron chi connectivity index (χ3n) is 8.66. The van der Waals surface area contributed by atoms with Crippen LogP contribution in [0.3, 0.4) is 0 Å². The summed E-state index contributed by atoms with van der Waals surface area (Å²) in [5, 5.41) is 17.6. The summed E-state index contributed by atoms with van der Waals surface area (Å²) in [6.45, 7) is -1.09. The largest absolute Gasteiger partial charge is 0.364 e. The molecular weight excluding hydrogens is 678 g/mol. The van der Waals surface area contributed by atoms with Gasteiger partial charge in [0, 0.05) is 12.8 Å². The number of amides is 1. The number of nitriles is 1. The Labute approximate surface area is 285 Å². The van der Waals surface area contributed by atoms with Crippen molar-refractivity contribution in [1.82, 2.24) is 29.2 Å². The maximum absolute atomic E-state index is 14.1. The number of fused-ring (bicyclic) bond motifs is 2. The van der Waals surface area contributed by atoms with Crippen LogP contribution in [0.15, 0.2) is 85.2 Å². The van der Waals surface area contributed by atoms with Crippen LogP contribution in [0.1, 0.15) is 52.2 Å². The second-order valence-corrected chi connectivity index (χ2v) is 12.2. The number of rotatable bonds is 5. The zero-order valence-electron chi connectivity index (χ0n) is 26.3. The summed E-state index contributed by atoms with van der Waals surface area (Å²) in [4.78, 5) is 22.4. The molecule has 51 heavy (non-hydrogen) atoms. The SMILES string of the molecule is N#Cc1cnc2ccc(N3CC(F)(F)C[C@@H]3c3cccc(F)c3)nn12.NC(=O)c1cnc2ccc(N3CC(F)(F)C[C@@H]3c3cccc(F)c3)nn12. The number of carbonyl (C=O) groups is 1. The van der Waals surface area contributed by atoms with Crippen molar-refractivity contribution >= 4 is 28.8 Å². The van der Waals surface area contributed by atoms with E-state index in [1.807, 2.05) is 6.07 Å². The third-order valence-corrected chi connectivity index (χ3v) is 8.66. The van der Waals surface area contributed by atoms with Crippen molar-refractivity contribution in [3.63, 3.8) is 0 Å². The molecule has 0 unspecified atom stereocenters. The van der Waals surface area contributed by atoms with Gasteiger partial charge in [0.15, 0.2) is 17.0 Å². The number of halogens is 6. The smallest absolute Gasteiger partial charge is 0.269 e. The molecular formula is C34H26F6N10O. The molecule has 17 heteroatoms. The zero-order chi connectivity index (χ0) is 36.1. The summed E-state index contributed by atoms with van der Waals surface area (Å²) >= 11 is 0. The van der Waals surface area contributed by atoms with Crippen LogP contribution in [0.4, 0.5) is 38.0 Å². The lowest BCUT2D eigenvalue weighted by Gasteiger charge is -2.25. The highest BCUT2D eigenvalue weighted by Gasteiger charge is 2.47. The van der Waals surface area contributed by atoms with Crippen molar-refractivity contribution in [2.45, 2.75) is 36.8 Å². The van der Waals surface area contributed by atoms with E-state index in [0.29, 0.717) is 22.4 Å². The van der Waals surface area contributed by atoms with Crippen molar-refractivity contribution in [2.75, 3.05) is 22.9 Å². The molecule has 2 saturated heterocycles. The summed E-state index contributed by atoms with van der Waals surface area (Å²) in [6, 6.07) is 18.1. The average molecular weight is 705 g/mol. The van der Waals surface area contributed by atoms with Gasteiger partial charge in [0.1, 0.15) is 35.0 Å². The Kier molecular flexibility index (Phi) is 8.24. The first-order valence-electron chi connectivity index (χ1n) is 15.5. The van der Waals surface area contributed by atoms with Gasteiger partial charge in [-0.2, -0.15) is 5.26 Å². The van der Waals surface area contributed by atoms with E-state index >= 15 is 0 Å². The number of alkyl halides is 4. The van der Waals surface area contributed by atoms with Crippen molar-refractivity contribution in [1.29, 1.82) is 5.26 Å². The molecule has 11 nitrogen and oxygen atoms in total. The molecule has 2 fully saturated rings. The quantitative estimate of drug-likeness (QED) is 0.220. The van der Waals surface area contributed by atoms with E-state index in [-0.39, 0.29) is 23.0 Å². The van der Waals surface area contributed by atoms with Crippen molar-refractivity contribution in [2.24, 2.45) is 5.73 Å². The lowest BCUT2D eigenvalue weighted by atomic mass is 10.0. The van der Waals surface area contributed by atoms with Gasteiger partial charge >= 0.3 is 0 Å². The maximum Gasteiger partial charge on any atom is 0.269 e. The minimum absolute atomic E-state index is 0.0510. The monoisotopic (exact) mass is 704 g/mol. The first-order valence-corrected chi connectivity index (χ1v) is 15.5. The molecule has 4 aromatic heterocycles. The fraction of sp³-hybridized carbons (Fsp3) is 0.235. The summed E-state index contributed by atoms with van der Waals surface area (Å²) in [5.74, 6) is -7.05. The number of aromatic nitrogens is 6. The van der Waals surface area contributed by atoms with Gasteiger partial charge in [0.05, 0.1) is 37.6 Å². The zero-order valence-corrected chi connectivity index (χ0v) is 26.3. The van der Waals surface area contributed by atoms with Crippen LogP contribution in [-0.2, 0) is 0 Å². The van der Waals surface area contributed by atoms with Gasteiger partial charge in [-0.15, -0.1) is 10.2 Å². The van der Waals surface area contributed by atoms with Gasteiger partial charge < -0.3 is 15.5 Å². The van der Waals surface area contributed by atoms with Crippen LogP contribution in [0.5, 0.6) is 0 Å². The number of anilines is 2. The standard InChI is InChI=1S/C17H14F3N5O.C17H12F3N5/c18-11-3-1-2-10(6-11)12-7-17(19,20)9-24(12)15-5-4-14-22-8-13(16(21)26)25(14)23-15;18-12-3-1-2-11(6-12)14-7-17(19,20)10-24(14)16-5-4-15-22-9-13(8-21)25(15)23-16/h1-6,8,12H,7,9H2,(H2,21,26);1-6,9,14H,7,10H2/t12-;14-/m11/s1. The van der Waals surface area contributed by atoms with E-state index in [9.17, 15) is 31.1 Å². The average Bonchev–Trinajstić information content (AvgIpc) is 3.86. The summed E-state index contributed by atoms with van der Waals surface area (Å²) in [5.41, 5.74) is 7.28. The number of hydrogen-bond acceptors (Lipinski definition) is 8. The van der Waals surface area contributed by atoms with Gasteiger partial charge in [-0.05, 0) is 59.7 Å². The number of hydrogen-bond donors (Lipinski definition) is 1. The molecule has 0 radical (unpaired) electrons. The molecule has 2 atom stereocenters. The second-order valence-electron chi connectivity index (χ2n) is 12.2. The lowest BCUT2D eigenvalue weighted by Crippen LogP contribution is -2.28. The van der Waals surface area contributed by atoms with E-state index in [1.165, 1.54) is 67.6 Å². The Morgan fingerprint density at radius 1 is 0.745 bits per heavy atom. The Balaban J connectivity index is 0.000000159. The van der Waals surface area contributed by atoms with Crippen LogP contribution < -0.4 is 15.5 Å². The molecule has 2 aliphatic heterocycles. The van der Waals surface area contributed by atoms with Crippen LogP contribution in [0, 0.1) is 23.0 Å². The second kappa shape index (κ2) is 12.6. The van der Waals surface area contributed by atoms with E-state index in [2.05, 4.69) is 20.2 Å². The molecule has 1 amide bonds. The lowest BCUT2D eigenvalue weighted by molar-refractivity contribution is 0.0215. The summed E-state index contributed by atoms with van der Waals surface area (Å²) in [6.07, 6.45) is 1.76. The predicted octanol–water partition coefficient (Wildman–Crippen LogP) is 5.88. The van der Waals surface area contributed by atoms with E-state index in [0.717, 1.165) is 0 Å². The molecule has 0 spiro atoms. The number of nitrogens with zero attached hydrogens (tertiary/aromatic N) is 9. The fourth-order valence-electron chi connectivity index (χ4n) is 6.42. The Morgan fingerprint density at radius 2 is 1.24 bits per heavy atom. The number of benzene rings is 2. The van der Waals surface area contributed by atoms with Crippen LogP contribution >= 0.6 is 0 Å². The highest BCUT2D eigenvalue weighted by atomic mass is 19.3. The van der Waals surface area contributed by atoms with E-state index < -0.39 is 67.4 Å². The molecule has 6 aromatic rings. The van der Waals surface area contributed by atoms with Crippen LogP contribution in [-0.4, -0.2) is 60.0 Å². The van der Waals surface area contributed by atoms with Gasteiger partial charge in [-0.1, -0.05) is 24.3 Å². The summed E-state index contributed by atoms with van der Waals surface area (Å²) in [7, 11) is 0. The van der Waals surface area contributed by atoms with Crippen molar-refractivity contribution < 1.29 is 31.1 Å². The van der Waals surface area contributed by atoms with Crippen LogP contribution in [0.2, 0.25) is 0 Å². The minimum atomic E-state index is -2.95. The van der Waals surface area contributed by atoms with Gasteiger partial charge in [0.25, 0.3) is 17.8 Å². The molecule has 0 aliphatic carbocycles. The Hall–Kier alpha value is -6.18. The molecule has 260 valence electrons. The number of nitrogens with two attached hydrogens (primary N) is 1.